The lowest BCUT2D eigenvalue weighted by Crippen LogP contribution is -2.05. The maximum absolute atomic E-state index is 6.12. The number of alkyl halides is 1. The van der Waals surface area contributed by atoms with Gasteiger partial charge < -0.3 is 0 Å². The second-order valence-corrected chi connectivity index (χ2v) is 5.44. The summed E-state index contributed by atoms with van der Waals surface area (Å²) in [5, 5.41) is 4.30. The van der Waals surface area contributed by atoms with Crippen molar-refractivity contribution < 1.29 is 0 Å². The summed E-state index contributed by atoms with van der Waals surface area (Å²) in [6.45, 7) is 2.99. The predicted molar refractivity (Wildman–Crippen MR) is 79.2 cm³/mol. The number of halogens is 2. The van der Waals surface area contributed by atoms with Crippen molar-refractivity contribution in [3.8, 4) is 0 Å². The fourth-order valence-corrected chi connectivity index (χ4v) is 2.91. The van der Waals surface area contributed by atoms with Gasteiger partial charge in [0, 0.05) is 29.0 Å². The van der Waals surface area contributed by atoms with Crippen LogP contribution in [0.25, 0.3) is 0 Å². The summed E-state index contributed by atoms with van der Waals surface area (Å²) in [5.74, 6) is 0.927. The summed E-state index contributed by atoms with van der Waals surface area (Å²) in [4.78, 5) is 0. The van der Waals surface area contributed by atoms with E-state index in [2.05, 4.69) is 52.3 Å². The summed E-state index contributed by atoms with van der Waals surface area (Å²) in [6.07, 6.45) is 4.95. The van der Waals surface area contributed by atoms with E-state index in [1.54, 1.807) is 0 Å². The summed E-state index contributed by atoms with van der Waals surface area (Å²) < 4.78 is 3.07. The molecule has 1 atom stereocenters. The average Bonchev–Trinajstić information content (AvgIpc) is 2.85. The van der Waals surface area contributed by atoms with Crippen molar-refractivity contribution in [2.24, 2.45) is 0 Å². The Morgan fingerprint density at radius 2 is 2.17 bits per heavy atom. The molecule has 18 heavy (non-hydrogen) atoms. The minimum atomic E-state index is 0.316. The third kappa shape index (κ3) is 3.15. The summed E-state index contributed by atoms with van der Waals surface area (Å²) in [6, 6.07) is 8.26. The Morgan fingerprint density at radius 3 is 2.78 bits per heavy atom. The van der Waals surface area contributed by atoms with Crippen molar-refractivity contribution >= 4 is 27.5 Å². The van der Waals surface area contributed by atoms with Crippen LogP contribution >= 0.6 is 27.5 Å². The first-order chi connectivity index (χ1) is 8.74. The molecule has 4 heteroatoms. The minimum Gasteiger partial charge on any atom is -0.273 e. The molecule has 1 aromatic carbocycles. The molecule has 2 rings (SSSR count). The molecule has 0 aliphatic carbocycles. The standard InChI is InChI=1S/C14H16BrClN2/c1-2-18-10-11(9-17-18)7-12(8-16)13-5-3-4-6-14(13)15/h3-6,9-10,12H,2,7-8H2,1H3. The quantitative estimate of drug-likeness (QED) is 0.751. The number of hydrogen-bond donors (Lipinski definition) is 0. The molecule has 0 saturated heterocycles. The van der Waals surface area contributed by atoms with Gasteiger partial charge in [-0.2, -0.15) is 5.10 Å². The van der Waals surface area contributed by atoms with Crippen molar-refractivity contribution in [3.63, 3.8) is 0 Å². The van der Waals surface area contributed by atoms with E-state index in [-0.39, 0.29) is 0 Å². The Labute approximate surface area is 121 Å². The molecule has 0 aliphatic rings. The minimum absolute atomic E-state index is 0.316. The number of hydrogen-bond acceptors (Lipinski definition) is 1. The Bertz CT molecular complexity index is 510. The van der Waals surface area contributed by atoms with Crippen LogP contribution in [0.3, 0.4) is 0 Å². The predicted octanol–water partition coefficient (Wildman–Crippen LogP) is 4.23. The number of aryl methyl sites for hydroxylation is 1. The van der Waals surface area contributed by atoms with Gasteiger partial charge in [0.05, 0.1) is 6.20 Å². The van der Waals surface area contributed by atoms with Gasteiger partial charge in [0.1, 0.15) is 0 Å². The van der Waals surface area contributed by atoms with Crippen LogP contribution in [0.1, 0.15) is 24.0 Å². The number of nitrogens with zero attached hydrogens (tertiary/aromatic N) is 2. The maximum atomic E-state index is 6.12. The van der Waals surface area contributed by atoms with Crippen molar-refractivity contribution in [2.45, 2.75) is 25.8 Å². The Balaban J connectivity index is 2.17. The zero-order valence-corrected chi connectivity index (χ0v) is 12.7. The smallest absolute Gasteiger partial charge is 0.0521 e. The first-order valence-electron chi connectivity index (χ1n) is 6.06. The maximum Gasteiger partial charge on any atom is 0.0521 e. The number of aromatic nitrogens is 2. The zero-order chi connectivity index (χ0) is 13.0. The lowest BCUT2D eigenvalue weighted by molar-refractivity contribution is 0.658. The number of rotatable bonds is 5. The molecular weight excluding hydrogens is 312 g/mol. The topological polar surface area (TPSA) is 17.8 Å². The van der Waals surface area contributed by atoms with Gasteiger partial charge in [0.15, 0.2) is 0 Å². The van der Waals surface area contributed by atoms with Crippen molar-refractivity contribution in [3.05, 3.63) is 52.3 Å². The molecule has 2 aromatic rings. The molecule has 96 valence electrons. The second-order valence-electron chi connectivity index (χ2n) is 4.28. The van der Waals surface area contributed by atoms with Crippen LogP contribution in [0.4, 0.5) is 0 Å². The molecule has 1 aromatic heterocycles. The van der Waals surface area contributed by atoms with Crippen LogP contribution in [-0.4, -0.2) is 15.7 Å². The molecular formula is C14H16BrClN2. The highest BCUT2D eigenvalue weighted by molar-refractivity contribution is 9.10. The molecule has 1 heterocycles. The van der Waals surface area contributed by atoms with Crippen LogP contribution in [-0.2, 0) is 13.0 Å². The first-order valence-corrected chi connectivity index (χ1v) is 7.39. The van der Waals surface area contributed by atoms with Crippen LogP contribution in [0.15, 0.2) is 41.1 Å². The lowest BCUT2D eigenvalue weighted by atomic mass is 9.95. The molecule has 0 spiro atoms. The monoisotopic (exact) mass is 326 g/mol. The molecule has 2 nitrogen and oxygen atoms in total. The van der Waals surface area contributed by atoms with E-state index in [0.717, 1.165) is 17.4 Å². The van der Waals surface area contributed by atoms with Crippen LogP contribution < -0.4 is 0 Å². The van der Waals surface area contributed by atoms with E-state index in [1.165, 1.54) is 11.1 Å². The molecule has 0 radical (unpaired) electrons. The highest BCUT2D eigenvalue weighted by Gasteiger charge is 2.14. The first kappa shape index (κ1) is 13.6. The van der Waals surface area contributed by atoms with E-state index in [1.807, 2.05) is 16.9 Å². The summed E-state index contributed by atoms with van der Waals surface area (Å²) in [5.41, 5.74) is 2.50. The van der Waals surface area contributed by atoms with E-state index < -0.39 is 0 Å². The van der Waals surface area contributed by atoms with Gasteiger partial charge in [-0.05, 0) is 30.5 Å². The molecule has 0 saturated carbocycles. The van der Waals surface area contributed by atoms with Crippen molar-refractivity contribution in [1.29, 1.82) is 0 Å². The molecule has 0 fully saturated rings. The zero-order valence-electron chi connectivity index (χ0n) is 10.3. The highest BCUT2D eigenvalue weighted by atomic mass is 79.9. The third-order valence-corrected chi connectivity index (χ3v) is 4.12. The second kappa shape index (κ2) is 6.39. The summed E-state index contributed by atoms with van der Waals surface area (Å²) in [7, 11) is 0. The highest BCUT2D eigenvalue weighted by Crippen LogP contribution is 2.28. The average molecular weight is 328 g/mol. The number of benzene rings is 1. The van der Waals surface area contributed by atoms with Gasteiger partial charge in [-0.1, -0.05) is 34.1 Å². The normalized spacial score (nSPS) is 12.6. The summed E-state index contributed by atoms with van der Waals surface area (Å²) >= 11 is 9.71. The van der Waals surface area contributed by atoms with E-state index in [4.69, 9.17) is 11.6 Å². The van der Waals surface area contributed by atoms with Crippen molar-refractivity contribution in [2.75, 3.05) is 5.88 Å². The van der Waals surface area contributed by atoms with E-state index in [0.29, 0.717) is 11.8 Å². The fourth-order valence-electron chi connectivity index (χ4n) is 2.02. The van der Waals surface area contributed by atoms with E-state index >= 15 is 0 Å². The van der Waals surface area contributed by atoms with Gasteiger partial charge in [0.2, 0.25) is 0 Å². The van der Waals surface area contributed by atoms with Gasteiger partial charge in [-0.15, -0.1) is 11.6 Å². The Kier molecular flexibility index (Phi) is 4.84. The largest absolute Gasteiger partial charge is 0.273 e. The van der Waals surface area contributed by atoms with Gasteiger partial charge >= 0.3 is 0 Å². The third-order valence-electron chi connectivity index (χ3n) is 3.02. The van der Waals surface area contributed by atoms with Gasteiger partial charge in [0.25, 0.3) is 0 Å². The van der Waals surface area contributed by atoms with Crippen LogP contribution in [0, 0.1) is 0 Å². The van der Waals surface area contributed by atoms with Crippen LogP contribution in [0.5, 0.6) is 0 Å². The molecule has 0 amide bonds. The van der Waals surface area contributed by atoms with Crippen molar-refractivity contribution in [1.82, 2.24) is 9.78 Å². The van der Waals surface area contributed by atoms with E-state index in [9.17, 15) is 0 Å². The molecule has 1 unspecified atom stereocenters. The van der Waals surface area contributed by atoms with Gasteiger partial charge in [-0.3, -0.25) is 4.68 Å². The molecule has 0 aliphatic heterocycles. The SMILES string of the molecule is CCn1cc(CC(CCl)c2ccccc2Br)cn1. The Morgan fingerprint density at radius 1 is 1.39 bits per heavy atom. The van der Waals surface area contributed by atoms with Gasteiger partial charge in [-0.25, -0.2) is 0 Å². The lowest BCUT2D eigenvalue weighted by Gasteiger charge is -2.15. The Hall–Kier alpha value is -0.800. The molecule has 0 bridgehead atoms. The molecule has 0 N–H and O–H groups in total. The van der Waals surface area contributed by atoms with Crippen LogP contribution in [0.2, 0.25) is 0 Å². The fraction of sp³-hybridized carbons (Fsp3) is 0.357.